The molecule has 19 heavy (non-hydrogen) atoms. The van der Waals surface area contributed by atoms with Gasteiger partial charge < -0.3 is 4.74 Å². The van der Waals surface area contributed by atoms with Crippen molar-refractivity contribution in [3.8, 4) is 5.75 Å². The SMILES string of the molecule is O=C(COc1ccccc1)NN=C1CCCCCC1. The lowest BCUT2D eigenvalue weighted by atomic mass is 10.2. The van der Waals surface area contributed by atoms with Crippen LogP contribution in [0.2, 0.25) is 0 Å². The van der Waals surface area contributed by atoms with Crippen LogP contribution in [0.3, 0.4) is 0 Å². The number of carbonyl (C=O) groups is 1. The topological polar surface area (TPSA) is 50.7 Å². The van der Waals surface area contributed by atoms with E-state index in [1.807, 2.05) is 30.3 Å². The van der Waals surface area contributed by atoms with Crippen molar-refractivity contribution >= 4 is 11.6 Å². The Morgan fingerprint density at radius 3 is 2.47 bits per heavy atom. The molecule has 0 bridgehead atoms. The fraction of sp³-hybridized carbons (Fsp3) is 0.467. The standard InChI is InChI=1S/C15H20N2O2/c18-15(12-19-14-10-6-3-7-11-14)17-16-13-8-4-1-2-5-9-13/h3,6-7,10-11H,1-2,4-5,8-9,12H2,(H,17,18). The molecule has 1 fully saturated rings. The van der Waals surface area contributed by atoms with E-state index in [0.29, 0.717) is 5.75 Å². The quantitative estimate of drug-likeness (QED) is 0.668. The summed E-state index contributed by atoms with van der Waals surface area (Å²) >= 11 is 0. The zero-order valence-electron chi connectivity index (χ0n) is 11.1. The maximum atomic E-state index is 11.6. The average molecular weight is 260 g/mol. The second kappa shape index (κ2) is 7.56. The van der Waals surface area contributed by atoms with Gasteiger partial charge in [0.15, 0.2) is 6.61 Å². The number of nitrogens with zero attached hydrogens (tertiary/aromatic N) is 1. The Balaban J connectivity index is 1.73. The first kappa shape index (κ1) is 13.6. The first-order valence-corrected chi connectivity index (χ1v) is 6.87. The molecule has 2 rings (SSSR count). The number of hydrazone groups is 1. The van der Waals surface area contributed by atoms with Gasteiger partial charge in [0.2, 0.25) is 0 Å². The molecular weight excluding hydrogens is 240 g/mol. The van der Waals surface area contributed by atoms with Crippen molar-refractivity contribution in [2.45, 2.75) is 38.5 Å². The third-order valence-corrected chi connectivity index (χ3v) is 3.13. The fourth-order valence-electron chi connectivity index (χ4n) is 2.09. The molecule has 0 unspecified atom stereocenters. The van der Waals surface area contributed by atoms with E-state index in [4.69, 9.17) is 4.74 Å². The van der Waals surface area contributed by atoms with Crippen LogP contribution in [-0.2, 0) is 4.79 Å². The van der Waals surface area contributed by atoms with Gasteiger partial charge in [0.05, 0.1) is 0 Å². The zero-order valence-corrected chi connectivity index (χ0v) is 11.1. The highest BCUT2D eigenvalue weighted by Gasteiger charge is 2.07. The van der Waals surface area contributed by atoms with Gasteiger partial charge in [-0.2, -0.15) is 5.10 Å². The van der Waals surface area contributed by atoms with Crippen LogP contribution in [0.15, 0.2) is 35.4 Å². The van der Waals surface area contributed by atoms with E-state index >= 15 is 0 Å². The van der Waals surface area contributed by atoms with Crippen LogP contribution in [0.1, 0.15) is 38.5 Å². The molecule has 1 aliphatic carbocycles. The second-order valence-corrected chi connectivity index (χ2v) is 4.73. The molecule has 1 N–H and O–H groups in total. The monoisotopic (exact) mass is 260 g/mol. The van der Waals surface area contributed by atoms with E-state index in [1.54, 1.807) is 0 Å². The first-order chi connectivity index (χ1) is 9.34. The van der Waals surface area contributed by atoms with E-state index in [9.17, 15) is 4.79 Å². The number of rotatable bonds is 4. The Hall–Kier alpha value is -1.84. The summed E-state index contributed by atoms with van der Waals surface area (Å²) in [6.45, 7) is 0.000787. The van der Waals surface area contributed by atoms with Crippen molar-refractivity contribution in [2.24, 2.45) is 5.10 Å². The van der Waals surface area contributed by atoms with Crippen molar-refractivity contribution in [3.63, 3.8) is 0 Å². The third kappa shape index (κ3) is 5.12. The van der Waals surface area contributed by atoms with Crippen molar-refractivity contribution in [3.05, 3.63) is 30.3 Å². The molecule has 4 nitrogen and oxygen atoms in total. The highest BCUT2D eigenvalue weighted by molar-refractivity contribution is 5.86. The fourth-order valence-corrected chi connectivity index (χ4v) is 2.09. The van der Waals surface area contributed by atoms with E-state index in [0.717, 1.165) is 18.6 Å². The molecular formula is C15H20N2O2. The number of para-hydroxylation sites is 1. The molecule has 0 saturated heterocycles. The van der Waals surface area contributed by atoms with Gasteiger partial charge in [-0.25, -0.2) is 5.43 Å². The first-order valence-electron chi connectivity index (χ1n) is 6.87. The van der Waals surface area contributed by atoms with Gasteiger partial charge in [-0.3, -0.25) is 4.79 Å². The van der Waals surface area contributed by atoms with Crippen LogP contribution in [0.5, 0.6) is 5.75 Å². The summed E-state index contributed by atoms with van der Waals surface area (Å²) in [5, 5.41) is 4.19. The van der Waals surface area contributed by atoms with E-state index in [-0.39, 0.29) is 12.5 Å². The number of hydrogen-bond donors (Lipinski definition) is 1. The maximum Gasteiger partial charge on any atom is 0.277 e. The molecule has 0 atom stereocenters. The molecule has 1 aliphatic rings. The molecule has 0 spiro atoms. The number of hydrogen-bond acceptors (Lipinski definition) is 3. The summed E-state index contributed by atoms with van der Waals surface area (Å²) in [7, 11) is 0. The van der Waals surface area contributed by atoms with Gasteiger partial charge >= 0.3 is 0 Å². The molecule has 1 aromatic rings. The predicted octanol–water partition coefficient (Wildman–Crippen LogP) is 2.89. The number of benzene rings is 1. The van der Waals surface area contributed by atoms with Crippen LogP contribution in [0.25, 0.3) is 0 Å². The molecule has 0 aliphatic heterocycles. The lowest BCUT2D eigenvalue weighted by Gasteiger charge is -2.06. The van der Waals surface area contributed by atoms with Crippen LogP contribution in [-0.4, -0.2) is 18.2 Å². The van der Waals surface area contributed by atoms with Crippen LogP contribution < -0.4 is 10.2 Å². The van der Waals surface area contributed by atoms with E-state index < -0.39 is 0 Å². The highest BCUT2D eigenvalue weighted by Crippen LogP contribution is 2.14. The molecule has 1 amide bonds. The van der Waals surface area contributed by atoms with Gasteiger partial charge in [-0.05, 0) is 37.8 Å². The number of amides is 1. The number of nitrogens with one attached hydrogen (secondary N) is 1. The molecule has 1 aromatic carbocycles. The van der Waals surface area contributed by atoms with Crippen LogP contribution >= 0.6 is 0 Å². The molecule has 1 saturated carbocycles. The number of carbonyl (C=O) groups excluding carboxylic acids is 1. The summed E-state index contributed by atoms with van der Waals surface area (Å²) in [6, 6.07) is 9.30. The Morgan fingerprint density at radius 2 is 1.79 bits per heavy atom. The van der Waals surface area contributed by atoms with Gasteiger partial charge in [0.1, 0.15) is 5.75 Å². The van der Waals surface area contributed by atoms with Crippen LogP contribution in [0, 0.1) is 0 Å². The zero-order chi connectivity index (χ0) is 13.3. The smallest absolute Gasteiger partial charge is 0.277 e. The average Bonchev–Trinajstić information content (AvgIpc) is 2.73. The molecule has 102 valence electrons. The Morgan fingerprint density at radius 1 is 1.11 bits per heavy atom. The highest BCUT2D eigenvalue weighted by atomic mass is 16.5. The molecule has 4 heteroatoms. The molecule has 0 radical (unpaired) electrons. The maximum absolute atomic E-state index is 11.6. The van der Waals surface area contributed by atoms with Crippen LogP contribution in [0.4, 0.5) is 0 Å². The van der Waals surface area contributed by atoms with Crippen molar-refractivity contribution in [2.75, 3.05) is 6.61 Å². The van der Waals surface area contributed by atoms with Crippen molar-refractivity contribution in [1.29, 1.82) is 0 Å². The lowest BCUT2D eigenvalue weighted by Crippen LogP contribution is -2.25. The summed E-state index contributed by atoms with van der Waals surface area (Å²) in [5.74, 6) is 0.486. The van der Waals surface area contributed by atoms with Gasteiger partial charge in [0, 0.05) is 5.71 Å². The molecule has 0 aromatic heterocycles. The minimum absolute atomic E-state index is 0.000787. The summed E-state index contributed by atoms with van der Waals surface area (Å²) < 4.78 is 5.35. The Labute approximate surface area is 113 Å². The van der Waals surface area contributed by atoms with E-state index in [2.05, 4.69) is 10.5 Å². The van der Waals surface area contributed by atoms with Gasteiger partial charge in [-0.15, -0.1) is 0 Å². The normalized spacial score (nSPS) is 15.5. The summed E-state index contributed by atoms with van der Waals surface area (Å²) in [6.07, 6.45) is 6.89. The minimum Gasteiger partial charge on any atom is -0.484 e. The third-order valence-electron chi connectivity index (χ3n) is 3.13. The minimum atomic E-state index is -0.208. The van der Waals surface area contributed by atoms with Gasteiger partial charge in [0.25, 0.3) is 5.91 Å². The largest absolute Gasteiger partial charge is 0.484 e. The lowest BCUT2D eigenvalue weighted by molar-refractivity contribution is -0.123. The second-order valence-electron chi connectivity index (χ2n) is 4.73. The molecule has 0 heterocycles. The van der Waals surface area contributed by atoms with Crippen molar-refractivity contribution in [1.82, 2.24) is 5.43 Å². The van der Waals surface area contributed by atoms with E-state index in [1.165, 1.54) is 25.7 Å². The number of ether oxygens (including phenoxy) is 1. The van der Waals surface area contributed by atoms with Gasteiger partial charge in [-0.1, -0.05) is 31.0 Å². The summed E-state index contributed by atoms with van der Waals surface area (Å²) in [5.41, 5.74) is 3.68. The van der Waals surface area contributed by atoms with Crippen molar-refractivity contribution < 1.29 is 9.53 Å². The predicted molar refractivity (Wildman–Crippen MR) is 75.2 cm³/mol. The Kier molecular flexibility index (Phi) is 5.41. The Bertz CT molecular complexity index is 419. The summed E-state index contributed by atoms with van der Waals surface area (Å²) in [4.78, 5) is 11.6.